The molecule has 1 aromatic heterocycles. The average Bonchev–Trinajstić information content (AvgIpc) is 2.54. The lowest BCUT2D eigenvalue weighted by molar-refractivity contribution is 0.264. The van der Waals surface area contributed by atoms with Crippen LogP contribution in [-0.4, -0.2) is 39.8 Å². The first-order valence-corrected chi connectivity index (χ1v) is 8.64. The number of aliphatic hydroxyl groups excluding tert-OH is 1. The second-order valence-corrected chi connectivity index (χ2v) is 6.37. The summed E-state index contributed by atoms with van der Waals surface area (Å²) in [7, 11) is 0. The van der Waals surface area contributed by atoms with Crippen LogP contribution in [0.2, 0.25) is 0 Å². The predicted molar refractivity (Wildman–Crippen MR) is 102 cm³/mol. The van der Waals surface area contributed by atoms with Gasteiger partial charge in [0.05, 0.1) is 6.54 Å². The van der Waals surface area contributed by atoms with E-state index < -0.39 is 0 Å². The van der Waals surface area contributed by atoms with E-state index in [1.165, 1.54) is 5.56 Å². The number of pyridine rings is 1. The fourth-order valence-electron chi connectivity index (χ4n) is 2.62. The Balaban J connectivity index is 2.34. The molecule has 5 nitrogen and oxygen atoms in total. The Morgan fingerprint density at radius 2 is 2.00 bits per heavy atom. The lowest BCUT2D eigenvalue weighted by Gasteiger charge is -2.25. The van der Waals surface area contributed by atoms with E-state index in [0.717, 1.165) is 23.0 Å². The summed E-state index contributed by atoms with van der Waals surface area (Å²) in [6, 6.07) is 6.02. The molecule has 6 heteroatoms. The Labute approximate surface area is 147 Å². The maximum Gasteiger partial charge on any atom is 0.253 e. The number of benzene rings is 1. The molecule has 0 spiro atoms. The molecule has 0 atom stereocenters. The highest BCUT2D eigenvalue weighted by Crippen LogP contribution is 2.17. The number of thiocarbonyl (C=S) groups is 1. The zero-order chi connectivity index (χ0) is 17.7. The van der Waals surface area contributed by atoms with Crippen molar-refractivity contribution in [2.24, 2.45) is 0 Å². The van der Waals surface area contributed by atoms with Crippen molar-refractivity contribution in [3.05, 3.63) is 45.2 Å². The number of rotatable bonds is 6. The Bertz CT molecular complexity index is 786. The fraction of sp³-hybridized carbons (Fsp3) is 0.444. The van der Waals surface area contributed by atoms with Crippen molar-refractivity contribution >= 4 is 28.2 Å². The summed E-state index contributed by atoms with van der Waals surface area (Å²) in [6.45, 7) is 7.92. The van der Waals surface area contributed by atoms with Crippen molar-refractivity contribution in [3.63, 3.8) is 0 Å². The normalized spacial score (nSPS) is 10.8. The third kappa shape index (κ3) is 4.33. The van der Waals surface area contributed by atoms with E-state index in [1.54, 1.807) is 0 Å². The van der Waals surface area contributed by atoms with Gasteiger partial charge in [0, 0.05) is 30.8 Å². The van der Waals surface area contributed by atoms with Gasteiger partial charge in [-0.3, -0.25) is 4.79 Å². The molecule has 0 fully saturated rings. The first-order valence-electron chi connectivity index (χ1n) is 8.23. The minimum absolute atomic E-state index is 0.0950. The molecule has 1 heterocycles. The molecule has 0 saturated heterocycles. The van der Waals surface area contributed by atoms with Gasteiger partial charge in [0.1, 0.15) is 0 Å². The summed E-state index contributed by atoms with van der Waals surface area (Å²) in [6.07, 6.45) is 0.606. The van der Waals surface area contributed by atoms with E-state index in [9.17, 15) is 4.79 Å². The molecule has 24 heavy (non-hydrogen) atoms. The van der Waals surface area contributed by atoms with Crippen LogP contribution in [0.4, 0.5) is 0 Å². The molecule has 1 aromatic carbocycles. The van der Waals surface area contributed by atoms with E-state index in [1.807, 2.05) is 30.9 Å². The molecule has 0 aliphatic carbocycles. The molecule has 2 rings (SSSR count). The number of hydrogen-bond donors (Lipinski definition) is 3. The molecule has 0 aliphatic rings. The van der Waals surface area contributed by atoms with Crippen LogP contribution >= 0.6 is 12.2 Å². The molecule has 3 N–H and O–H groups in total. The summed E-state index contributed by atoms with van der Waals surface area (Å²) in [5.41, 5.74) is 3.77. The minimum Gasteiger partial charge on any atom is -0.396 e. The van der Waals surface area contributed by atoms with Crippen LogP contribution in [0.15, 0.2) is 23.0 Å². The van der Waals surface area contributed by atoms with Gasteiger partial charge in [-0.2, -0.15) is 0 Å². The quantitative estimate of drug-likeness (QED) is 0.699. The summed E-state index contributed by atoms with van der Waals surface area (Å²) >= 11 is 5.39. The van der Waals surface area contributed by atoms with Gasteiger partial charge in [-0.15, -0.1) is 0 Å². The molecule has 0 aliphatic heterocycles. The summed E-state index contributed by atoms with van der Waals surface area (Å²) in [5, 5.41) is 13.8. The maximum absolute atomic E-state index is 12.4. The third-order valence-electron chi connectivity index (χ3n) is 4.10. The summed E-state index contributed by atoms with van der Waals surface area (Å²) in [4.78, 5) is 17.3. The van der Waals surface area contributed by atoms with E-state index in [4.69, 9.17) is 17.3 Å². The molecule has 0 saturated carbocycles. The van der Waals surface area contributed by atoms with Crippen LogP contribution in [0.25, 0.3) is 10.9 Å². The lowest BCUT2D eigenvalue weighted by Crippen LogP contribution is -2.41. The highest BCUT2D eigenvalue weighted by atomic mass is 32.1. The van der Waals surface area contributed by atoms with Crippen LogP contribution < -0.4 is 10.9 Å². The predicted octanol–water partition coefficient (Wildman–Crippen LogP) is 2.22. The number of nitrogens with zero attached hydrogens (tertiary/aromatic N) is 1. The highest BCUT2D eigenvalue weighted by molar-refractivity contribution is 7.80. The van der Waals surface area contributed by atoms with Gasteiger partial charge in [0.2, 0.25) is 0 Å². The number of nitrogens with one attached hydrogen (secondary N) is 2. The van der Waals surface area contributed by atoms with Crippen LogP contribution in [0, 0.1) is 13.8 Å². The molecule has 2 aromatic rings. The highest BCUT2D eigenvalue weighted by Gasteiger charge is 2.13. The van der Waals surface area contributed by atoms with Gasteiger partial charge < -0.3 is 20.3 Å². The van der Waals surface area contributed by atoms with Crippen LogP contribution in [0.3, 0.4) is 0 Å². The Kier molecular flexibility index (Phi) is 6.34. The molecule has 0 radical (unpaired) electrons. The smallest absolute Gasteiger partial charge is 0.253 e. The van der Waals surface area contributed by atoms with Gasteiger partial charge in [-0.1, -0.05) is 0 Å². The van der Waals surface area contributed by atoms with E-state index in [-0.39, 0.29) is 12.2 Å². The van der Waals surface area contributed by atoms with Crippen molar-refractivity contribution in [2.75, 3.05) is 19.7 Å². The number of aromatic amines is 1. The second-order valence-electron chi connectivity index (χ2n) is 5.98. The standard InChI is InChI=1S/C18H25N3O2S/c1-4-19-18(24)21(6-5-7-22)11-15-10-14-8-12(2)13(3)9-16(14)20-17(15)23/h8-10,22H,4-7,11H2,1-3H3,(H,19,24)(H,20,23). The number of aryl methyl sites for hydroxylation is 2. The van der Waals surface area contributed by atoms with Crippen LogP contribution in [-0.2, 0) is 6.54 Å². The minimum atomic E-state index is -0.0981. The van der Waals surface area contributed by atoms with Crippen molar-refractivity contribution in [1.29, 1.82) is 0 Å². The molecule has 0 bridgehead atoms. The lowest BCUT2D eigenvalue weighted by atomic mass is 10.0. The largest absolute Gasteiger partial charge is 0.396 e. The van der Waals surface area contributed by atoms with Crippen LogP contribution in [0.5, 0.6) is 0 Å². The topological polar surface area (TPSA) is 68.4 Å². The monoisotopic (exact) mass is 347 g/mol. The van der Waals surface area contributed by atoms with Crippen molar-refractivity contribution in [3.8, 4) is 0 Å². The molecule has 130 valence electrons. The van der Waals surface area contributed by atoms with Crippen LogP contribution in [0.1, 0.15) is 30.0 Å². The van der Waals surface area contributed by atoms with Crippen molar-refractivity contribution in [1.82, 2.24) is 15.2 Å². The summed E-state index contributed by atoms with van der Waals surface area (Å²) in [5.74, 6) is 0. The van der Waals surface area contributed by atoms with Gasteiger partial charge >= 0.3 is 0 Å². The first kappa shape index (κ1) is 18.4. The number of H-pyrrole nitrogens is 1. The zero-order valence-electron chi connectivity index (χ0n) is 14.5. The number of hydrogen-bond acceptors (Lipinski definition) is 3. The third-order valence-corrected chi connectivity index (χ3v) is 4.50. The SMILES string of the molecule is CCNC(=S)N(CCCO)Cc1cc2cc(C)c(C)cc2[nH]c1=O. The van der Waals surface area contributed by atoms with Crippen molar-refractivity contribution in [2.45, 2.75) is 33.7 Å². The number of aliphatic hydroxyl groups is 1. The molecular formula is C18H25N3O2S. The Hall–Kier alpha value is -1.92. The first-order chi connectivity index (χ1) is 11.5. The van der Waals surface area contributed by atoms with Gasteiger partial charge in [0.25, 0.3) is 5.56 Å². The van der Waals surface area contributed by atoms with Gasteiger partial charge in [0.15, 0.2) is 5.11 Å². The average molecular weight is 347 g/mol. The zero-order valence-corrected chi connectivity index (χ0v) is 15.3. The Morgan fingerprint density at radius 3 is 2.67 bits per heavy atom. The van der Waals surface area contributed by atoms with E-state index in [0.29, 0.717) is 30.2 Å². The fourth-order valence-corrected chi connectivity index (χ4v) is 2.92. The number of aromatic nitrogens is 1. The van der Waals surface area contributed by atoms with Crippen molar-refractivity contribution < 1.29 is 5.11 Å². The number of fused-ring (bicyclic) bond motifs is 1. The van der Waals surface area contributed by atoms with E-state index >= 15 is 0 Å². The summed E-state index contributed by atoms with van der Waals surface area (Å²) < 4.78 is 0. The molecule has 0 unspecified atom stereocenters. The molecule has 0 amide bonds. The molecular weight excluding hydrogens is 322 g/mol. The van der Waals surface area contributed by atoms with Gasteiger partial charge in [-0.25, -0.2) is 0 Å². The maximum atomic E-state index is 12.4. The second kappa shape index (κ2) is 8.26. The van der Waals surface area contributed by atoms with E-state index in [2.05, 4.69) is 23.3 Å². The van der Waals surface area contributed by atoms with Gasteiger partial charge in [-0.05, 0) is 74.1 Å². The Morgan fingerprint density at radius 1 is 1.29 bits per heavy atom.